The molecule has 3 nitrogen and oxygen atoms in total. The Kier molecular flexibility index (Phi) is 5.18. The van der Waals surface area contributed by atoms with Crippen molar-refractivity contribution in [1.82, 2.24) is 4.90 Å². The van der Waals surface area contributed by atoms with Gasteiger partial charge in [0.25, 0.3) is 0 Å². The zero-order valence-electron chi connectivity index (χ0n) is 12.5. The van der Waals surface area contributed by atoms with E-state index >= 15 is 0 Å². The van der Waals surface area contributed by atoms with Gasteiger partial charge in [-0.15, -0.1) is 0 Å². The number of carbonyl (C=O) groups is 1. The summed E-state index contributed by atoms with van der Waals surface area (Å²) in [7, 11) is 0. The Balaban J connectivity index is 2.04. The first kappa shape index (κ1) is 15.0. The maximum atomic E-state index is 11.0. The van der Waals surface area contributed by atoms with Crippen molar-refractivity contribution < 1.29 is 9.90 Å². The second kappa shape index (κ2) is 6.89. The Hall–Kier alpha value is -1.35. The summed E-state index contributed by atoms with van der Waals surface area (Å²) in [5.74, 6) is 0.101. The first-order chi connectivity index (χ1) is 9.63. The molecule has 1 aromatic carbocycles. The molecule has 3 heteroatoms. The van der Waals surface area contributed by atoms with E-state index in [1.54, 1.807) is 0 Å². The number of rotatable bonds is 8. The summed E-state index contributed by atoms with van der Waals surface area (Å²) in [6.45, 7) is 7.44. The fraction of sp³-hybridized carbons (Fsp3) is 0.588. The average Bonchev–Trinajstić information content (AvgIpc) is 3.27. The van der Waals surface area contributed by atoms with Gasteiger partial charge in [-0.2, -0.15) is 0 Å². The lowest BCUT2D eigenvalue weighted by Crippen LogP contribution is -2.22. The van der Waals surface area contributed by atoms with Crippen molar-refractivity contribution >= 4 is 5.97 Å². The maximum absolute atomic E-state index is 11.0. The number of carboxylic acid groups (broad SMARTS) is 1. The summed E-state index contributed by atoms with van der Waals surface area (Å²) in [5, 5.41) is 9.05. The molecule has 1 N–H and O–H groups in total. The molecular formula is C17H25NO2. The van der Waals surface area contributed by atoms with E-state index in [2.05, 4.69) is 43.0 Å². The second-order valence-electron chi connectivity index (χ2n) is 5.74. The van der Waals surface area contributed by atoms with Gasteiger partial charge in [0, 0.05) is 6.54 Å². The molecule has 0 aromatic heterocycles. The van der Waals surface area contributed by atoms with Crippen LogP contribution in [0.15, 0.2) is 24.3 Å². The van der Waals surface area contributed by atoms with Gasteiger partial charge in [0.05, 0.1) is 6.42 Å². The van der Waals surface area contributed by atoms with Crippen molar-refractivity contribution in [3.05, 3.63) is 35.4 Å². The zero-order chi connectivity index (χ0) is 14.5. The topological polar surface area (TPSA) is 40.5 Å². The van der Waals surface area contributed by atoms with Crippen LogP contribution < -0.4 is 0 Å². The van der Waals surface area contributed by atoms with Crippen LogP contribution in [0.1, 0.15) is 50.2 Å². The van der Waals surface area contributed by atoms with Gasteiger partial charge in [0.1, 0.15) is 0 Å². The standard InChI is InChI=1S/C17H25NO2/c1-3-18(4-2)12-13-5-7-14(8-6-13)16(11-17(19)20)15-9-10-15/h5-8,15-16H,3-4,9-12H2,1-2H3,(H,19,20). The minimum Gasteiger partial charge on any atom is -0.481 e. The molecule has 2 rings (SSSR count). The van der Waals surface area contributed by atoms with E-state index in [9.17, 15) is 4.79 Å². The molecule has 20 heavy (non-hydrogen) atoms. The van der Waals surface area contributed by atoms with Gasteiger partial charge in [0.15, 0.2) is 0 Å². The van der Waals surface area contributed by atoms with E-state index in [0.29, 0.717) is 5.92 Å². The van der Waals surface area contributed by atoms with Crippen LogP contribution in [0.5, 0.6) is 0 Å². The smallest absolute Gasteiger partial charge is 0.303 e. The monoisotopic (exact) mass is 275 g/mol. The maximum Gasteiger partial charge on any atom is 0.303 e. The molecule has 0 bridgehead atoms. The third-order valence-electron chi connectivity index (χ3n) is 4.29. The minimum atomic E-state index is -0.686. The Morgan fingerprint density at radius 1 is 1.25 bits per heavy atom. The summed E-state index contributed by atoms with van der Waals surface area (Å²) in [5.41, 5.74) is 2.50. The fourth-order valence-electron chi connectivity index (χ4n) is 2.82. The van der Waals surface area contributed by atoms with Crippen LogP contribution in [0.2, 0.25) is 0 Å². The van der Waals surface area contributed by atoms with Crippen LogP contribution in [0, 0.1) is 5.92 Å². The Bertz CT molecular complexity index is 433. The van der Waals surface area contributed by atoms with Crippen LogP contribution in [0.25, 0.3) is 0 Å². The van der Waals surface area contributed by atoms with Gasteiger partial charge in [0.2, 0.25) is 0 Å². The Labute approximate surface area is 121 Å². The molecule has 0 aliphatic heterocycles. The second-order valence-corrected chi connectivity index (χ2v) is 5.74. The van der Waals surface area contributed by atoms with Crippen molar-refractivity contribution in [2.45, 2.75) is 45.6 Å². The van der Waals surface area contributed by atoms with Crippen molar-refractivity contribution in [3.63, 3.8) is 0 Å². The minimum absolute atomic E-state index is 0.204. The molecule has 110 valence electrons. The first-order valence-corrected chi connectivity index (χ1v) is 7.67. The van der Waals surface area contributed by atoms with Crippen LogP contribution in [-0.2, 0) is 11.3 Å². The molecule has 1 saturated carbocycles. The molecule has 0 saturated heterocycles. The van der Waals surface area contributed by atoms with Crippen molar-refractivity contribution in [3.8, 4) is 0 Å². The number of benzene rings is 1. The molecule has 1 aliphatic rings. The summed E-state index contributed by atoms with van der Waals surface area (Å²) in [6.07, 6.45) is 2.62. The van der Waals surface area contributed by atoms with Gasteiger partial charge in [-0.25, -0.2) is 0 Å². The van der Waals surface area contributed by atoms with Crippen LogP contribution in [0.3, 0.4) is 0 Å². The molecule has 1 unspecified atom stereocenters. The van der Waals surface area contributed by atoms with Gasteiger partial charge < -0.3 is 5.11 Å². The highest BCUT2D eigenvalue weighted by atomic mass is 16.4. The highest BCUT2D eigenvalue weighted by Gasteiger charge is 2.33. The van der Waals surface area contributed by atoms with Crippen LogP contribution in [-0.4, -0.2) is 29.1 Å². The van der Waals surface area contributed by atoms with Gasteiger partial charge in [-0.1, -0.05) is 38.1 Å². The molecule has 1 fully saturated rings. The average molecular weight is 275 g/mol. The van der Waals surface area contributed by atoms with Gasteiger partial charge in [-0.3, -0.25) is 9.69 Å². The molecule has 1 atom stereocenters. The van der Waals surface area contributed by atoms with Gasteiger partial charge in [-0.05, 0) is 48.9 Å². The number of hydrogen-bond acceptors (Lipinski definition) is 2. The summed E-state index contributed by atoms with van der Waals surface area (Å²) < 4.78 is 0. The SMILES string of the molecule is CCN(CC)Cc1ccc(C(CC(=O)O)C2CC2)cc1. The van der Waals surface area contributed by atoms with Gasteiger partial charge >= 0.3 is 5.97 Å². The van der Waals surface area contributed by atoms with E-state index < -0.39 is 5.97 Å². The summed E-state index contributed by atoms with van der Waals surface area (Å²) >= 11 is 0. The van der Waals surface area contributed by atoms with Crippen LogP contribution in [0.4, 0.5) is 0 Å². The predicted molar refractivity (Wildman–Crippen MR) is 80.8 cm³/mol. The third kappa shape index (κ3) is 4.07. The van der Waals surface area contributed by atoms with Crippen molar-refractivity contribution in [2.75, 3.05) is 13.1 Å². The molecular weight excluding hydrogens is 250 g/mol. The van der Waals surface area contributed by atoms with E-state index in [0.717, 1.165) is 19.6 Å². The lowest BCUT2D eigenvalue weighted by molar-refractivity contribution is -0.137. The molecule has 0 heterocycles. The first-order valence-electron chi connectivity index (χ1n) is 7.67. The molecule has 0 amide bonds. The van der Waals surface area contributed by atoms with E-state index in [1.165, 1.54) is 24.0 Å². The summed E-state index contributed by atoms with van der Waals surface area (Å²) in [4.78, 5) is 13.4. The summed E-state index contributed by atoms with van der Waals surface area (Å²) in [6, 6.07) is 8.57. The van der Waals surface area contributed by atoms with Crippen LogP contribution >= 0.6 is 0 Å². The number of hydrogen-bond donors (Lipinski definition) is 1. The highest BCUT2D eigenvalue weighted by Crippen LogP contribution is 2.44. The zero-order valence-corrected chi connectivity index (χ0v) is 12.5. The van der Waals surface area contributed by atoms with E-state index in [-0.39, 0.29) is 12.3 Å². The Morgan fingerprint density at radius 3 is 2.30 bits per heavy atom. The predicted octanol–water partition coefficient (Wildman–Crippen LogP) is 3.50. The molecule has 1 aliphatic carbocycles. The molecule has 0 spiro atoms. The lowest BCUT2D eigenvalue weighted by Gasteiger charge is -2.19. The van der Waals surface area contributed by atoms with E-state index in [1.807, 2.05) is 0 Å². The van der Waals surface area contributed by atoms with Crippen molar-refractivity contribution in [2.24, 2.45) is 5.92 Å². The van der Waals surface area contributed by atoms with E-state index in [4.69, 9.17) is 5.11 Å². The van der Waals surface area contributed by atoms with Crippen molar-refractivity contribution in [1.29, 1.82) is 0 Å². The molecule has 1 aromatic rings. The third-order valence-corrected chi connectivity index (χ3v) is 4.29. The fourth-order valence-corrected chi connectivity index (χ4v) is 2.82. The number of carboxylic acids is 1. The largest absolute Gasteiger partial charge is 0.481 e. The number of aliphatic carboxylic acids is 1. The number of nitrogens with zero attached hydrogens (tertiary/aromatic N) is 1. The highest BCUT2D eigenvalue weighted by molar-refractivity contribution is 5.68. The Morgan fingerprint density at radius 2 is 1.85 bits per heavy atom. The lowest BCUT2D eigenvalue weighted by atomic mass is 9.90. The molecule has 0 radical (unpaired) electrons. The quantitative estimate of drug-likeness (QED) is 0.789. The normalized spacial score (nSPS) is 16.4.